The Kier molecular flexibility index (Phi) is 9.71. The molecule has 1 aliphatic heterocycles. The zero-order valence-corrected chi connectivity index (χ0v) is 21.3. The third-order valence-electron chi connectivity index (χ3n) is 5.22. The molecule has 35 heavy (non-hydrogen) atoms. The minimum atomic E-state index is -0.606. The van der Waals surface area contributed by atoms with Crippen molar-refractivity contribution >= 4 is 0 Å². The SMILES string of the molecule is COc1cccc(OC)c1OCCNCC1COc2cc(OCC(O)CNC(C)(C)C)ccc2O1. The fourth-order valence-electron chi connectivity index (χ4n) is 3.41. The molecule has 9 heteroatoms. The number of β-amino-alcohol motifs (C(OH)–C–C–N with tert-alkyl or cyclic N) is 1. The molecule has 2 aromatic rings. The van der Waals surface area contributed by atoms with Gasteiger partial charge < -0.3 is 44.2 Å². The molecular weight excluding hydrogens is 452 g/mol. The number of nitrogens with one attached hydrogen (secondary N) is 2. The standard InChI is InChI=1S/C26H38N2O7/c1-26(2,3)28-14-18(29)16-33-19-9-10-21-24(13-19)34-17-20(35-21)15-27-11-12-32-25-22(30-4)7-6-8-23(25)31-5/h6-10,13,18,20,27-29H,11-12,14-17H2,1-5H3. The Hall–Kier alpha value is -2.88. The topological polar surface area (TPSA) is 99.7 Å². The van der Waals surface area contributed by atoms with E-state index < -0.39 is 6.10 Å². The van der Waals surface area contributed by atoms with Crippen LogP contribution in [-0.4, -0.2) is 76.5 Å². The quantitative estimate of drug-likeness (QED) is 0.366. The van der Waals surface area contributed by atoms with Crippen molar-refractivity contribution in [2.45, 2.75) is 38.5 Å². The van der Waals surface area contributed by atoms with Gasteiger partial charge in [-0.25, -0.2) is 0 Å². The van der Waals surface area contributed by atoms with Crippen LogP contribution in [0.3, 0.4) is 0 Å². The van der Waals surface area contributed by atoms with Crippen LogP contribution in [0.4, 0.5) is 0 Å². The van der Waals surface area contributed by atoms with Crippen LogP contribution >= 0.6 is 0 Å². The minimum absolute atomic E-state index is 0.0562. The summed E-state index contributed by atoms with van der Waals surface area (Å²) in [4.78, 5) is 0. The van der Waals surface area contributed by atoms with Crippen molar-refractivity contribution in [1.29, 1.82) is 0 Å². The second-order valence-corrected chi connectivity index (χ2v) is 9.30. The number of methoxy groups -OCH3 is 2. The highest BCUT2D eigenvalue weighted by atomic mass is 16.6. The van der Waals surface area contributed by atoms with Gasteiger partial charge in [-0.15, -0.1) is 0 Å². The summed E-state index contributed by atoms with van der Waals surface area (Å²) >= 11 is 0. The van der Waals surface area contributed by atoms with Crippen LogP contribution in [0, 0.1) is 0 Å². The van der Waals surface area contributed by atoms with Gasteiger partial charge in [0.05, 0.1) is 14.2 Å². The summed E-state index contributed by atoms with van der Waals surface area (Å²) in [5.41, 5.74) is -0.0562. The maximum atomic E-state index is 10.1. The maximum absolute atomic E-state index is 10.1. The zero-order chi connectivity index (χ0) is 25.3. The number of aliphatic hydroxyl groups excluding tert-OH is 1. The number of rotatable bonds is 13. The van der Waals surface area contributed by atoms with Crippen molar-refractivity contribution in [1.82, 2.24) is 10.6 Å². The Morgan fingerprint density at radius 3 is 2.49 bits per heavy atom. The summed E-state index contributed by atoms with van der Waals surface area (Å²) in [6.07, 6.45) is -0.730. The number of ether oxygens (including phenoxy) is 6. The molecule has 0 aliphatic carbocycles. The van der Waals surface area contributed by atoms with Gasteiger partial charge in [0, 0.05) is 31.2 Å². The molecule has 0 amide bonds. The van der Waals surface area contributed by atoms with Crippen molar-refractivity contribution in [3.8, 4) is 34.5 Å². The summed E-state index contributed by atoms with van der Waals surface area (Å²) in [5.74, 6) is 3.77. The van der Waals surface area contributed by atoms with Crippen molar-refractivity contribution in [2.24, 2.45) is 0 Å². The van der Waals surface area contributed by atoms with Gasteiger partial charge in [-0.05, 0) is 45.0 Å². The molecule has 0 radical (unpaired) electrons. The van der Waals surface area contributed by atoms with Gasteiger partial charge in [-0.2, -0.15) is 0 Å². The Balaban J connectivity index is 1.39. The van der Waals surface area contributed by atoms with Crippen molar-refractivity contribution in [3.05, 3.63) is 36.4 Å². The summed E-state index contributed by atoms with van der Waals surface area (Å²) in [7, 11) is 3.20. The number of benzene rings is 2. The van der Waals surface area contributed by atoms with Crippen LogP contribution < -0.4 is 39.1 Å². The molecule has 3 rings (SSSR count). The molecule has 2 aromatic carbocycles. The first-order valence-electron chi connectivity index (χ1n) is 11.8. The van der Waals surface area contributed by atoms with Gasteiger partial charge in [-0.1, -0.05) is 6.07 Å². The Morgan fingerprint density at radius 1 is 1.06 bits per heavy atom. The average molecular weight is 491 g/mol. The second-order valence-electron chi connectivity index (χ2n) is 9.30. The normalized spacial score (nSPS) is 15.9. The highest BCUT2D eigenvalue weighted by Crippen LogP contribution is 2.37. The van der Waals surface area contributed by atoms with Crippen molar-refractivity contribution < 1.29 is 33.5 Å². The van der Waals surface area contributed by atoms with Gasteiger partial charge in [0.15, 0.2) is 23.0 Å². The predicted octanol–water partition coefficient (Wildman–Crippen LogP) is 2.64. The van der Waals surface area contributed by atoms with E-state index in [2.05, 4.69) is 31.4 Å². The number of hydrogen-bond donors (Lipinski definition) is 3. The Morgan fingerprint density at radius 2 is 1.80 bits per heavy atom. The van der Waals surface area contributed by atoms with E-state index in [0.717, 1.165) is 0 Å². The van der Waals surface area contributed by atoms with E-state index in [1.165, 1.54) is 0 Å². The van der Waals surface area contributed by atoms with Crippen molar-refractivity contribution in [2.75, 3.05) is 53.7 Å². The lowest BCUT2D eigenvalue weighted by Gasteiger charge is -2.27. The third kappa shape index (κ3) is 8.38. The Labute approximate surface area is 207 Å². The van der Waals surface area contributed by atoms with E-state index >= 15 is 0 Å². The molecule has 3 N–H and O–H groups in total. The van der Waals surface area contributed by atoms with Crippen LogP contribution in [0.1, 0.15) is 20.8 Å². The monoisotopic (exact) mass is 490 g/mol. The number of aliphatic hydroxyl groups is 1. The predicted molar refractivity (Wildman–Crippen MR) is 134 cm³/mol. The summed E-state index contributed by atoms with van der Waals surface area (Å²) in [5, 5.41) is 16.7. The fourth-order valence-corrected chi connectivity index (χ4v) is 3.41. The smallest absolute Gasteiger partial charge is 0.203 e. The average Bonchev–Trinajstić information content (AvgIpc) is 2.85. The molecule has 0 saturated carbocycles. The van der Waals surface area contributed by atoms with Crippen LogP contribution in [0.2, 0.25) is 0 Å². The van der Waals surface area contributed by atoms with Gasteiger partial charge >= 0.3 is 0 Å². The molecule has 0 aromatic heterocycles. The lowest BCUT2D eigenvalue weighted by molar-refractivity contribution is 0.0868. The molecule has 0 spiro atoms. The largest absolute Gasteiger partial charge is 0.493 e. The first kappa shape index (κ1) is 26.7. The van der Waals surface area contributed by atoms with E-state index in [9.17, 15) is 5.11 Å². The molecule has 2 unspecified atom stereocenters. The third-order valence-corrected chi connectivity index (χ3v) is 5.22. The highest BCUT2D eigenvalue weighted by Gasteiger charge is 2.22. The number of hydrogen-bond acceptors (Lipinski definition) is 9. The highest BCUT2D eigenvalue weighted by molar-refractivity contribution is 5.51. The lowest BCUT2D eigenvalue weighted by Crippen LogP contribution is -2.42. The van der Waals surface area contributed by atoms with Crippen LogP contribution in [-0.2, 0) is 0 Å². The summed E-state index contributed by atoms with van der Waals surface area (Å²) in [6, 6.07) is 10.9. The van der Waals surface area contributed by atoms with Crippen molar-refractivity contribution in [3.63, 3.8) is 0 Å². The minimum Gasteiger partial charge on any atom is -0.493 e. The number of para-hydroxylation sites is 1. The van der Waals surface area contributed by atoms with Gasteiger partial charge in [-0.3, -0.25) is 0 Å². The lowest BCUT2D eigenvalue weighted by atomic mass is 10.1. The van der Waals surface area contributed by atoms with Crippen LogP contribution in [0.25, 0.3) is 0 Å². The molecule has 1 heterocycles. The molecule has 0 bridgehead atoms. The van der Waals surface area contributed by atoms with E-state index in [1.807, 2.05) is 30.3 Å². The van der Waals surface area contributed by atoms with Crippen LogP contribution in [0.15, 0.2) is 36.4 Å². The first-order valence-corrected chi connectivity index (χ1v) is 11.8. The first-order chi connectivity index (χ1) is 16.8. The summed E-state index contributed by atoms with van der Waals surface area (Å²) in [6.45, 7) is 8.90. The molecule has 9 nitrogen and oxygen atoms in total. The van der Waals surface area contributed by atoms with E-state index in [1.54, 1.807) is 20.3 Å². The van der Waals surface area contributed by atoms with E-state index in [0.29, 0.717) is 67.3 Å². The molecule has 0 fully saturated rings. The maximum Gasteiger partial charge on any atom is 0.203 e. The van der Waals surface area contributed by atoms with E-state index in [-0.39, 0.29) is 18.2 Å². The summed E-state index contributed by atoms with van der Waals surface area (Å²) < 4.78 is 34.2. The molecule has 1 aliphatic rings. The molecular formula is C26H38N2O7. The fraction of sp³-hybridized carbons (Fsp3) is 0.538. The second kappa shape index (κ2) is 12.7. The molecule has 0 saturated heterocycles. The zero-order valence-electron chi connectivity index (χ0n) is 21.3. The molecule has 194 valence electrons. The van der Waals surface area contributed by atoms with Gasteiger partial charge in [0.25, 0.3) is 0 Å². The number of fused-ring (bicyclic) bond motifs is 1. The van der Waals surface area contributed by atoms with E-state index in [4.69, 9.17) is 28.4 Å². The Bertz CT molecular complexity index is 910. The van der Waals surface area contributed by atoms with Gasteiger partial charge in [0.2, 0.25) is 5.75 Å². The van der Waals surface area contributed by atoms with Crippen LogP contribution in [0.5, 0.6) is 34.5 Å². The molecule has 2 atom stereocenters. The van der Waals surface area contributed by atoms with Gasteiger partial charge in [0.1, 0.15) is 37.8 Å².